The SMILES string of the molecule is CC(C)[C@@H](C(=O)O)N1C(=O)/C(=C\c2ccccc2C(=O)O)SC1=S. The van der Waals surface area contributed by atoms with Gasteiger partial charge in [-0.1, -0.05) is 56.0 Å². The quantitative estimate of drug-likeness (QED) is 0.612. The molecule has 24 heavy (non-hydrogen) atoms. The maximum absolute atomic E-state index is 12.6. The molecule has 0 radical (unpaired) electrons. The molecule has 0 saturated carbocycles. The van der Waals surface area contributed by atoms with Crippen molar-refractivity contribution in [1.82, 2.24) is 4.90 Å². The van der Waals surface area contributed by atoms with Crippen LogP contribution in [-0.2, 0) is 9.59 Å². The standard InChI is InChI=1S/C16H15NO5S2/c1-8(2)12(15(21)22)17-13(18)11(24-16(17)23)7-9-5-3-4-6-10(9)14(19)20/h3-8,12H,1-2H3,(H,19,20)(H,21,22)/b11-7+/t12-/m0/s1. The summed E-state index contributed by atoms with van der Waals surface area (Å²) in [6.07, 6.45) is 1.43. The molecule has 2 rings (SSSR count). The number of thioether (sulfide) groups is 1. The fraction of sp³-hybridized carbons (Fsp3) is 0.250. The van der Waals surface area contributed by atoms with Gasteiger partial charge in [0.25, 0.3) is 5.91 Å². The summed E-state index contributed by atoms with van der Waals surface area (Å²) in [7, 11) is 0. The maximum Gasteiger partial charge on any atom is 0.336 e. The highest BCUT2D eigenvalue weighted by Crippen LogP contribution is 2.35. The summed E-state index contributed by atoms with van der Waals surface area (Å²) < 4.78 is 0.153. The van der Waals surface area contributed by atoms with E-state index >= 15 is 0 Å². The van der Waals surface area contributed by atoms with Crippen LogP contribution in [0.15, 0.2) is 29.2 Å². The van der Waals surface area contributed by atoms with Crippen LogP contribution in [-0.4, -0.2) is 43.3 Å². The molecule has 0 unspecified atom stereocenters. The van der Waals surface area contributed by atoms with E-state index in [0.29, 0.717) is 5.56 Å². The Kier molecular flexibility index (Phi) is 5.40. The Morgan fingerprint density at radius 1 is 1.25 bits per heavy atom. The van der Waals surface area contributed by atoms with E-state index in [0.717, 1.165) is 16.7 Å². The van der Waals surface area contributed by atoms with Gasteiger partial charge in [-0.15, -0.1) is 0 Å². The molecule has 1 heterocycles. The lowest BCUT2D eigenvalue weighted by atomic mass is 10.0. The first kappa shape index (κ1) is 18.2. The minimum atomic E-state index is -1.13. The number of rotatable bonds is 5. The van der Waals surface area contributed by atoms with Crippen LogP contribution in [0, 0.1) is 5.92 Å². The van der Waals surface area contributed by atoms with E-state index in [2.05, 4.69) is 0 Å². The number of nitrogens with zero attached hydrogens (tertiary/aromatic N) is 1. The smallest absolute Gasteiger partial charge is 0.336 e. The molecule has 2 N–H and O–H groups in total. The zero-order chi connectivity index (χ0) is 18.0. The number of carbonyl (C=O) groups is 3. The molecule has 0 spiro atoms. The number of carbonyl (C=O) groups excluding carboxylic acids is 1. The van der Waals surface area contributed by atoms with Crippen LogP contribution < -0.4 is 0 Å². The monoisotopic (exact) mass is 365 g/mol. The molecule has 1 aliphatic rings. The molecule has 1 atom stereocenters. The summed E-state index contributed by atoms with van der Waals surface area (Å²) in [5.74, 6) is -3.08. The van der Waals surface area contributed by atoms with Gasteiger partial charge in [0, 0.05) is 0 Å². The summed E-state index contributed by atoms with van der Waals surface area (Å²) >= 11 is 6.13. The minimum absolute atomic E-state index is 0.0569. The molecular formula is C16H15NO5S2. The Morgan fingerprint density at radius 3 is 2.42 bits per heavy atom. The lowest BCUT2D eigenvalue weighted by molar-refractivity contribution is -0.146. The van der Waals surface area contributed by atoms with Crippen molar-refractivity contribution in [2.45, 2.75) is 19.9 Å². The van der Waals surface area contributed by atoms with Gasteiger partial charge < -0.3 is 10.2 Å². The van der Waals surface area contributed by atoms with Crippen LogP contribution >= 0.6 is 24.0 Å². The van der Waals surface area contributed by atoms with Crippen molar-refractivity contribution in [3.05, 3.63) is 40.3 Å². The van der Waals surface area contributed by atoms with E-state index in [9.17, 15) is 24.6 Å². The summed E-state index contributed by atoms with van der Waals surface area (Å²) in [5.41, 5.74) is 0.420. The summed E-state index contributed by atoms with van der Waals surface area (Å²) in [5, 5.41) is 18.6. The van der Waals surface area contributed by atoms with Crippen LogP contribution in [0.5, 0.6) is 0 Å². The van der Waals surface area contributed by atoms with E-state index in [1.807, 2.05) is 0 Å². The largest absolute Gasteiger partial charge is 0.480 e. The van der Waals surface area contributed by atoms with Crippen LogP contribution in [0.25, 0.3) is 6.08 Å². The third kappa shape index (κ3) is 3.49. The highest BCUT2D eigenvalue weighted by atomic mass is 32.2. The highest BCUT2D eigenvalue weighted by Gasteiger charge is 2.41. The average molecular weight is 365 g/mol. The number of thiocarbonyl (C=S) groups is 1. The minimum Gasteiger partial charge on any atom is -0.480 e. The second kappa shape index (κ2) is 7.14. The van der Waals surface area contributed by atoms with E-state index in [-0.39, 0.29) is 20.7 Å². The van der Waals surface area contributed by atoms with Crippen molar-refractivity contribution in [2.24, 2.45) is 5.92 Å². The molecule has 0 bridgehead atoms. The number of aromatic carboxylic acids is 1. The van der Waals surface area contributed by atoms with Gasteiger partial charge in [0.15, 0.2) is 0 Å². The Hall–Kier alpha value is -2.19. The Balaban J connectivity index is 2.42. The average Bonchev–Trinajstić information content (AvgIpc) is 2.75. The number of aliphatic carboxylic acids is 1. The first-order valence-corrected chi connectivity index (χ1v) is 8.28. The van der Waals surface area contributed by atoms with Gasteiger partial charge in [-0.3, -0.25) is 9.69 Å². The Labute approximate surface area is 148 Å². The molecule has 1 saturated heterocycles. The predicted octanol–water partition coefficient (Wildman–Crippen LogP) is 2.70. The normalized spacial score (nSPS) is 17.6. The maximum atomic E-state index is 12.6. The van der Waals surface area contributed by atoms with Gasteiger partial charge >= 0.3 is 11.9 Å². The van der Waals surface area contributed by atoms with Crippen LogP contribution in [0.1, 0.15) is 29.8 Å². The number of carboxylic acid groups (broad SMARTS) is 2. The second-order valence-electron chi connectivity index (χ2n) is 5.47. The van der Waals surface area contributed by atoms with E-state index in [1.54, 1.807) is 32.0 Å². The molecule has 1 fully saturated rings. The van der Waals surface area contributed by atoms with E-state index in [1.165, 1.54) is 12.1 Å². The van der Waals surface area contributed by atoms with Gasteiger partial charge in [0.2, 0.25) is 0 Å². The predicted molar refractivity (Wildman–Crippen MR) is 94.7 cm³/mol. The molecule has 1 aromatic rings. The van der Waals surface area contributed by atoms with E-state index in [4.69, 9.17) is 12.2 Å². The number of benzene rings is 1. The third-order valence-electron chi connectivity index (χ3n) is 3.46. The molecule has 1 aliphatic heterocycles. The molecule has 8 heteroatoms. The lowest BCUT2D eigenvalue weighted by Crippen LogP contribution is -2.47. The highest BCUT2D eigenvalue weighted by molar-refractivity contribution is 8.26. The van der Waals surface area contributed by atoms with Gasteiger partial charge in [-0.2, -0.15) is 0 Å². The van der Waals surface area contributed by atoms with Crippen molar-refractivity contribution in [1.29, 1.82) is 0 Å². The van der Waals surface area contributed by atoms with Crippen molar-refractivity contribution in [2.75, 3.05) is 0 Å². The second-order valence-corrected chi connectivity index (χ2v) is 7.15. The van der Waals surface area contributed by atoms with Crippen molar-refractivity contribution < 1.29 is 24.6 Å². The van der Waals surface area contributed by atoms with Crippen LogP contribution in [0.4, 0.5) is 0 Å². The summed E-state index contributed by atoms with van der Waals surface area (Å²) in [6.45, 7) is 3.39. The lowest BCUT2D eigenvalue weighted by Gasteiger charge is -2.26. The van der Waals surface area contributed by atoms with Crippen LogP contribution in [0.2, 0.25) is 0 Å². The zero-order valence-electron chi connectivity index (χ0n) is 12.9. The molecular weight excluding hydrogens is 350 g/mol. The van der Waals surface area contributed by atoms with Crippen LogP contribution in [0.3, 0.4) is 0 Å². The number of hydrogen-bond donors (Lipinski definition) is 2. The fourth-order valence-corrected chi connectivity index (χ4v) is 3.69. The van der Waals surface area contributed by atoms with Crippen molar-refractivity contribution >= 4 is 52.2 Å². The zero-order valence-corrected chi connectivity index (χ0v) is 14.6. The summed E-state index contributed by atoms with van der Waals surface area (Å²) in [6, 6.07) is 5.20. The van der Waals surface area contributed by atoms with Gasteiger partial charge in [-0.05, 0) is 23.6 Å². The molecule has 126 valence electrons. The van der Waals surface area contributed by atoms with Crippen molar-refractivity contribution in [3.8, 4) is 0 Å². The molecule has 1 aromatic carbocycles. The molecule has 0 aromatic heterocycles. The van der Waals surface area contributed by atoms with Gasteiger partial charge in [-0.25, -0.2) is 9.59 Å². The number of hydrogen-bond acceptors (Lipinski definition) is 5. The topological polar surface area (TPSA) is 94.9 Å². The molecule has 1 amide bonds. The molecule has 0 aliphatic carbocycles. The first-order valence-electron chi connectivity index (χ1n) is 7.06. The number of amides is 1. The Bertz CT molecular complexity index is 757. The molecule has 6 nitrogen and oxygen atoms in total. The van der Waals surface area contributed by atoms with E-state index < -0.39 is 23.9 Å². The van der Waals surface area contributed by atoms with Gasteiger partial charge in [0.1, 0.15) is 10.4 Å². The summed E-state index contributed by atoms with van der Waals surface area (Å²) in [4.78, 5) is 36.6. The van der Waals surface area contributed by atoms with Crippen molar-refractivity contribution in [3.63, 3.8) is 0 Å². The number of carboxylic acids is 2. The fourth-order valence-electron chi connectivity index (χ4n) is 2.37. The first-order chi connectivity index (χ1) is 11.2. The van der Waals surface area contributed by atoms with Gasteiger partial charge in [0.05, 0.1) is 10.5 Å². The third-order valence-corrected chi connectivity index (χ3v) is 4.79. The Morgan fingerprint density at radius 2 is 1.88 bits per heavy atom.